The summed E-state index contributed by atoms with van der Waals surface area (Å²) in [6.07, 6.45) is 0.330. The zero-order valence-electron chi connectivity index (χ0n) is 10.9. The number of para-hydroxylation sites is 1. The maximum atomic E-state index is 11.6. The number of rotatable bonds is 4. The van der Waals surface area contributed by atoms with E-state index < -0.39 is 17.9 Å². The van der Waals surface area contributed by atoms with Gasteiger partial charge in [0.15, 0.2) is 5.92 Å². The van der Waals surface area contributed by atoms with E-state index in [-0.39, 0.29) is 5.92 Å². The predicted molar refractivity (Wildman–Crippen MR) is 66.8 cm³/mol. The standard InChI is InChI=1S/C14H16O5/c1-17-13(15)11(14(16)18-2)7-9-8-19-12-6-4-3-5-10(9)12/h3-6,9,11H,7-8H2,1-2H3. The molecule has 0 spiro atoms. The lowest BCUT2D eigenvalue weighted by Gasteiger charge is -2.15. The Morgan fingerprint density at radius 2 is 1.89 bits per heavy atom. The van der Waals surface area contributed by atoms with Gasteiger partial charge in [-0.25, -0.2) is 0 Å². The first-order valence-electron chi connectivity index (χ1n) is 6.04. The fourth-order valence-corrected chi connectivity index (χ4v) is 2.28. The van der Waals surface area contributed by atoms with Gasteiger partial charge in [0.1, 0.15) is 5.75 Å². The minimum Gasteiger partial charge on any atom is -0.493 e. The molecule has 1 aromatic carbocycles. The van der Waals surface area contributed by atoms with Crippen LogP contribution in [0.1, 0.15) is 17.9 Å². The summed E-state index contributed by atoms with van der Waals surface area (Å²) in [4.78, 5) is 23.3. The average molecular weight is 264 g/mol. The molecule has 0 radical (unpaired) electrons. The van der Waals surface area contributed by atoms with Crippen LogP contribution in [0.2, 0.25) is 0 Å². The van der Waals surface area contributed by atoms with E-state index in [2.05, 4.69) is 9.47 Å². The van der Waals surface area contributed by atoms with E-state index >= 15 is 0 Å². The van der Waals surface area contributed by atoms with Gasteiger partial charge in [-0.1, -0.05) is 18.2 Å². The molecule has 0 fully saturated rings. The molecule has 1 aromatic rings. The monoisotopic (exact) mass is 264 g/mol. The molecule has 1 atom stereocenters. The van der Waals surface area contributed by atoms with Gasteiger partial charge in [-0.2, -0.15) is 0 Å². The summed E-state index contributed by atoms with van der Waals surface area (Å²) >= 11 is 0. The number of carbonyl (C=O) groups is 2. The van der Waals surface area contributed by atoms with Gasteiger partial charge in [-0.15, -0.1) is 0 Å². The molecule has 2 rings (SSSR count). The number of carbonyl (C=O) groups excluding carboxylic acids is 2. The Kier molecular flexibility index (Phi) is 4.04. The summed E-state index contributed by atoms with van der Waals surface area (Å²) in [6, 6.07) is 7.62. The largest absolute Gasteiger partial charge is 0.493 e. The highest BCUT2D eigenvalue weighted by Crippen LogP contribution is 2.37. The highest BCUT2D eigenvalue weighted by molar-refractivity contribution is 5.94. The predicted octanol–water partition coefficient (Wildman–Crippen LogP) is 1.51. The molecule has 0 bridgehead atoms. The van der Waals surface area contributed by atoms with Crippen LogP contribution in [0, 0.1) is 5.92 Å². The Labute approximate surface area is 111 Å². The Balaban J connectivity index is 2.15. The van der Waals surface area contributed by atoms with E-state index in [0.717, 1.165) is 11.3 Å². The Bertz CT molecular complexity index is 466. The molecule has 0 aromatic heterocycles. The molecule has 0 amide bonds. The van der Waals surface area contributed by atoms with Gasteiger partial charge in [0.05, 0.1) is 20.8 Å². The van der Waals surface area contributed by atoms with Crippen molar-refractivity contribution in [1.29, 1.82) is 0 Å². The molecule has 5 nitrogen and oxygen atoms in total. The molecule has 19 heavy (non-hydrogen) atoms. The smallest absolute Gasteiger partial charge is 0.320 e. The number of hydrogen-bond acceptors (Lipinski definition) is 5. The molecule has 102 valence electrons. The van der Waals surface area contributed by atoms with Crippen molar-refractivity contribution in [2.24, 2.45) is 5.92 Å². The van der Waals surface area contributed by atoms with Crippen LogP contribution in [0.15, 0.2) is 24.3 Å². The van der Waals surface area contributed by atoms with E-state index in [1.807, 2.05) is 24.3 Å². The number of hydrogen-bond donors (Lipinski definition) is 0. The third kappa shape index (κ3) is 2.70. The van der Waals surface area contributed by atoms with Crippen molar-refractivity contribution < 1.29 is 23.8 Å². The van der Waals surface area contributed by atoms with E-state index in [9.17, 15) is 9.59 Å². The lowest BCUT2D eigenvalue weighted by Crippen LogP contribution is -2.28. The third-order valence-electron chi connectivity index (χ3n) is 3.29. The first-order valence-corrected chi connectivity index (χ1v) is 6.04. The van der Waals surface area contributed by atoms with Gasteiger partial charge in [0.25, 0.3) is 0 Å². The zero-order valence-corrected chi connectivity index (χ0v) is 10.9. The van der Waals surface area contributed by atoms with Crippen LogP contribution in [0.3, 0.4) is 0 Å². The van der Waals surface area contributed by atoms with Crippen LogP contribution in [0.4, 0.5) is 0 Å². The molecular weight excluding hydrogens is 248 g/mol. The highest BCUT2D eigenvalue weighted by atomic mass is 16.5. The summed E-state index contributed by atoms with van der Waals surface area (Å²) in [5, 5.41) is 0. The van der Waals surface area contributed by atoms with Crippen molar-refractivity contribution in [2.75, 3.05) is 20.8 Å². The molecular formula is C14H16O5. The topological polar surface area (TPSA) is 61.8 Å². The van der Waals surface area contributed by atoms with Crippen molar-refractivity contribution in [3.05, 3.63) is 29.8 Å². The van der Waals surface area contributed by atoms with Crippen molar-refractivity contribution in [1.82, 2.24) is 0 Å². The van der Waals surface area contributed by atoms with Crippen molar-refractivity contribution in [2.45, 2.75) is 12.3 Å². The molecule has 1 unspecified atom stereocenters. The first kappa shape index (κ1) is 13.4. The van der Waals surface area contributed by atoms with E-state index in [1.54, 1.807) is 0 Å². The maximum Gasteiger partial charge on any atom is 0.320 e. The summed E-state index contributed by atoms with van der Waals surface area (Å²) in [5.41, 5.74) is 1.01. The van der Waals surface area contributed by atoms with Gasteiger partial charge >= 0.3 is 11.9 Å². The minimum absolute atomic E-state index is 0.000556. The average Bonchev–Trinajstić information content (AvgIpc) is 2.86. The third-order valence-corrected chi connectivity index (χ3v) is 3.29. The van der Waals surface area contributed by atoms with Crippen LogP contribution in [-0.2, 0) is 19.1 Å². The molecule has 0 aliphatic carbocycles. The molecule has 1 heterocycles. The molecule has 0 N–H and O–H groups in total. The second-order valence-electron chi connectivity index (χ2n) is 4.38. The normalized spacial score (nSPS) is 16.7. The van der Waals surface area contributed by atoms with Gasteiger partial charge in [0.2, 0.25) is 0 Å². The fraction of sp³-hybridized carbons (Fsp3) is 0.429. The second-order valence-corrected chi connectivity index (χ2v) is 4.38. The van der Waals surface area contributed by atoms with Crippen molar-refractivity contribution in [3.8, 4) is 5.75 Å². The fourth-order valence-electron chi connectivity index (χ4n) is 2.28. The van der Waals surface area contributed by atoms with E-state index in [1.165, 1.54) is 14.2 Å². The quantitative estimate of drug-likeness (QED) is 0.609. The molecule has 0 saturated carbocycles. The molecule has 0 saturated heterocycles. The summed E-state index contributed by atoms with van der Waals surface area (Å²) < 4.78 is 14.8. The summed E-state index contributed by atoms with van der Waals surface area (Å²) in [5.74, 6) is -1.25. The number of benzene rings is 1. The van der Waals surface area contributed by atoms with Crippen LogP contribution in [0.25, 0.3) is 0 Å². The summed E-state index contributed by atoms with van der Waals surface area (Å²) in [6.45, 7) is 0.462. The Morgan fingerprint density at radius 3 is 2.53 bits per heavy atom. The lowest BCUT2D eigenvalue weighted by atomic mass is 9.90. The van der Waals surface area contributed by atoms with Crippen molar-refractivity contribution >= 4 is 11.9 Å². The summed E-state index contributed by atoms with van der Waals surface area (Å²) in [7, 11) is 2.52. The highest BCUT2D eigenvalue weighted by Gasteiger charge is 2.35. The minimum atomic E-state index is -0.908. The second kappa shape index (κ2) is 5.73. The van der Waals surface area contributed by atoms with Gasteiger partial charge < -0.3 is 14.2 Å². The van der Waals surface area contributed by atoms with Gasteiger partial charge in [0, 0.05) is 11.5 Å². The van der Waals surface area contributed by atoms with E-state index in [4.69, 9.17) is 4.74 Å². The molecule has 5 heteroatoms. The SMILES string of the molecule is COC(=O)C(CC1COc2ccccc21)C(=O)OC. The molecule has 1 aliphatic heterocycles. The van der Waals surface area contributed by atoms with Crippen LogP contribution < -0.4 is 4.74 Å². The Morgan fingerprint density at radius 1 is 1.26 bits per heavy atom. The lowest BCUT2D eigenvalue weighted by molar-refractivity contribution is -0.159. The maximum absolute atomic E-state index is 11.6. The van der Waals surface area contributed by atoms with Crippen molar-refractivity contribution in [3.63, 3.8) is 0 Å². The number of methoxy groups -OCH3 is 2. The number of fused-ring (bicyclic) bond motifs is 1. The number of ether oxygens (including phenoxy) is 3. The van der Waals surface area contributed by atoms with Crippen LogP contribution >= 0.6 is 0 Å². The number of esters is 2. The van der Waals surface area contributed by atoms with Gasteiger partial charge in [-0.05, 0) is 12.5 Å². The van der Waals surface area contributed by atoms with E-state index in [0.29, 0.717) is 13.0 Å². The molecule has 1 aliphatic rings. The first-order chi connectivity index (χ1) is 9.17. The zero-order chi connectivity index (χ0) is 13.8. The van der Waals surface area contributed by atoms with Crippen LogP contribution in [-0.4, -0.2) is 32.8 Å². The van der Waals surface area contributed by atoms with Gasteiger partial charge in [-0.3, -0.25) is 9.59 Å². The van der Waals surface area contributed by atoms with Crippen LogP contribution in [0.5, 0.6) is 5.75 Å². The Hall–Kier alpha value is -2.04.